The lowest BCUT2D eigenvalue weighted by Crippen LogP contribution is -2.41. The molecule has 0 spiro atoms. The predicted octanol–water partition coefficient (Wildman–Crippen LogP) is 2.67. The van der Waals surface area contributed by atoms with Gasteiger partial charge in [-0.1, -0.05) is 25.3 Å². The molecule has 2 rings (SSSR count). The first-order valence-electron chi connectivity index (χ1n) is 9.29. The zero-order valence-electron chi connectivity index (χ0n) is 15.4. The van der Waals surface area contributed by atoms with Gasteiger partial charge in [-0.05, 0) is 37.5 Å². The predicted molar refractivity (Wildman–Crippen MR) is 102 cm³/mol. The quantitative estimate of drug-likeness (QED) is 0.377. The minimum atomic E-state index is -0.385. The van der Waals surface area contributed by atoms with Gasteiger partial charge in [0.05, 0.1) is 12.6 Å². The van der Waals surface area contributed by atoms with Crippen LogP contribution in [-0.2, 0) is 9.53 Å². The number of halogens is 1. The van der Waals surface area contributed by atoms with E-state index in [9.17, 15) is 9.18 Å². The molecule has 0 heterocycles. The van der Waals surface area contributed by atoms with Crippen molar-refractivity contribution >= 4 is 17.6 Å². The van der Waals surface area contributed by atoms with Crippen LogP contribution in [0.5, 0.6) is 0 Å². The van der Waals surface area contributed by atoms with Gasteiger partial charge in [-0.3, -0.25) is 9.79 Å². The number of nitrogens with zero attached hydrogens (tertiary/aromatic N) is 1. The van der Waals surface area contributed by atoms with Gasteiger partial charge in [-0.2, -0.15) is 0 Å². The highest BCUT2D eigenvalue weighted by atomic mass is 19.1. The maximum Gasteiger partial charge on any atom is 0.243 e. The van der Waals surface area contributed by atoms with E-state index in [1.807, 2.05) is 0 Å². The van der Waals surface area contributed by atoms with Gasteiger partial charge in [0, 0.05) is 25.9 Å². The standard InChI is InChI=1S/C19H29FN4O2/c1-21-19(22-11-6-12-26-17-9-3-2-4-10-17)23-14-18(25)24-16-8-5-7-15(20)13-16/h5,7-8,13,17H,2-4,6,9-12,14H2,1H3,(H,24,25)(H2,21,22,23). The molecule has 0 unspecified atom stereocenters. The number of hydrogen-bond acceptors (Lipinski definition) is 3. The average Bonchev–Trinajstić information content (AvgIpc) is 2.65. The van der Waals surface area contributed by atoms with Crippen LogP contribution in [0.15, 0.2) is 29.3 Å². The van der Waals surface area contributed by atoms with Gasteiger partial charge in [0.1, 0.15) is 5.82 Å². The van der Waals surface area contributed by atoms with E-state index < -0.39 is 0 Å². The van der Waals surface area contributed by atoms with E-state index in [0.29, 0.717) is 17.8 Å². The molecule has 0 bridgehead atoms. The number of guanidine groups is 1. The summed E-state index contributed by atoms with van der Waals surface area (Å²) in [6.07, 6.45) is 7.54. The number of rotatable bonds is 8. The molecule has 1 fully saturated rings. The van der Waals surface area contributed by atoms with Gasteiger partial charge in [-0.15, -0.1) is 0 Å². The molecule has 1 aromatic rings. The van der Waals surface area contributed by atoms with Crippen LogP contribution in [0.25, 0.3) is 0 Å². The fourth-order valence-corrected chi connectivity index (χ4v) is 2.92. The smallest absolute Gasteiger partial charge is 0.243 e. The fraction of sp³-hybridized carbons (Fsp3) is 0.579. The Hall–Kier alpha value is -2.15. The van der Waals surface area contributed by atoms with Gasteiger partial charge >= 0.3 is 0 Å². The van der Waals surface area contributed by atoms with Crippen LogP contribution in [0.3, 0.4) is 0 Å². The molecule has 1 saturated carbocycles. The van der Waals surface area contributed by atoms with Crippen molar-refractivity contribution in [2.24, 2.45) is 4.99 Å². The SMILES string of the molecule is CN=C(NCCCOC1CCCCC1)NCC(=O)Nc1cccc(F)c1. The Morgan fingerprint density at radius 1 is 1.27 bits per heavy atom. The third-order valence-corrected chi connectivity index (χ3v) is 4.27. The summed E-state index contributed by atoms with van der Waals surface area (Å²) < 4.78 is 19.0. The first kappa shape index (κ1) is 20.2. The molecule has 0 radical (unpaired) electrons. The summed E-state index contributed by atoms with van der Waals surface area (Å²) >= 11 is 0. The number of nitrogens with one attached hydrogen (secondary N) is 3. The van der Waals surface area contributed by atoms with Gasteiger partial charge in [0.25, 0.3) is 0 Å². The van der Waals surface area contributed by atoms with E-state index in [4.69, 9.17) is 4.74 Å². The monoisotopic (exact) mass is 364 g/mol. The Morgan fingerprint density at radius 2 is 2.08 bits per heavy atom. The normalized spacial score (nSPS) is 15.5. The number of ether oxygens (including phenoxy) is 1. The van der Waals surface area contributed by atoms with Gasteiger partial charge in [0.2, 0.25) is 5.91 Å². The van der Waals surface area contributed by atoms with Gasteiger partial charge in [-0.25, -0.2) is 4.39 Å². The van der Waals surface area contributed by atoms with E-state index in [1.165, 1.54) is 44.2 Å². The van der Waals surface area contributed by atoms with Crippen LogP contribution in [-0.4, -0.2) is 44.7 Å². The molecule has 1 aliphatic carbocycles. The lowest BCUT2D eigenvalue weighted by atomic mass is 9.98. The van der Waals surface area contributed by atoms with Crippen LogP contribution in [0, 0.1) is 5.82 Å². The lowest BCUT2D eigenvalue weighted by Gasteiger charge is -2.22. The second kappa shape index (κ2) is 11.5. The Morgan fingerprint density at radius 3 is 2.81 bits per heavy atom. The summed E-state index contributed by atoms with van der Waals surface area (Å²) in [5.74, 6) is -0.0973. The van der Waals surface area contributed by atoms with E-state index >= 15 is 0 Å². The number of aliphatic imine (C=N–C) groups is 1. The molecular weight excluding hydrogens is 335 g/mol. The number of carbonyl (C=O) groups is 1. The maximum absolute atomic E-state index is 13.1. The Bertz CT molecular complexity index is 589. The lowest BCUT2D eigenvalue weighted by molar-refractivity contribution is -0.115. The number of benzene rings is 1. The largest absolute Gasteiger partial charge is 0.378 e. The van der Waals surface area contributed by atoms with Crippen molar-refractivity contribution in [3.63, 3.8) is 0 Å². The Labute approximate surface area is 154 Å². The highest BCUT2D eigenvalue weighted by molar-refractivity contribution is 5.94. The van der Waals surface area contributed by atoms with E-state index in [-0.39, 0.29) is 18.3 Å². The average molecular weight is 364 g/mol. The minimum absolute atomic E-state index is 0.0504. The number of hydrogen-bond donors (Lipinski definition) is 3. The summed E-state index contributed by atoms with van der Waals surface area (Å²) in [5, 5.41) is 8.72. The minimum Gasteiger partial charge on any atom is -0.378 e. The number of carbonyl (C=O) groups excluding carboxylic acids is 1. The highest BCUT2D eigenvalue weighted by Crippen LogP contribution is 2.20. The molecular formula is C19H29FN4O2. The molecule has 1 aliphatic rings. The molecule has 0 atom stereocenters. The summed E-state index contributed by atoms with van der Waals surface area (Å²) in [5.41, 5.74) is 0.430. The zero-order chi connectivity index (χ0) is 18.6. The second-order valence-electron chi connectivity index (χ2n) is 6.40. The summed E-state index contributed by atoms with van der Waals surface area (Å²) in [6, 6.07) is 5.80. The van der Waals surface area contributed by atoms with Crippen molar-refractivity contribution in [3.05, 3.63) is 30.1 Å². The van der Waals surface area contributed by atoms with Crippen LogP contribution in [0.1, 0.15) is 38.5 Å². The zero-order valence-corrected chi connectivity index (χ0v) is 15.4. The molecule has 0 aromatic heterocycles. The van der Waals surface area contributed by atoms with Crippen molar-refractivity contribution in [1.29, 1.82) is 0 Å². The van der Waals surface area contributed by atoms with Crippen LogP contribution < -0.4 is 16.0 Å². The summed E-state index contributed by atoms with van der Waals surface area (Å²) in [6.45, 7) is 1.50. The number of amides is 1. The molecule has 0 aliphatic heterocycles. The highest BCUT2D eigenvalue weighted by Gasteiger charge is 2.13. The van der Waals surface area contributed by atoms with Crippen LogP contribution in [0.2, 0.25) is 0 Å². The van der Waals surface area contributed by atoms with E-state index in [1.54, 1.807) is 19.2 Å². The summed E-state index contributed by atoms with van der Waals surface area (Å²) in [4.78, 5) is 16.0. The van der Waals surface area contributed by atoms with Crippen molar-refractivity contribution in [1.82, 2.24) is 10.6 Å². The molecule has 7 heteroatoms. The molecule has 26 heavy (non-hydrogen) atoms. The number of anilines is 1. The Kier molecular flexibility index (Phi) is 8.89. The van der Waals surface area contributed by atoms with E-state index in [2.05, 4.69) is 20.9 Å². The van der Waals surface area contributed by atoms with Crippen molar-refractivity contribution < 1.29 is 13.9 Å². The Balaban J connectivity index is 1.57. The third kappa shape index (κ3) is 7.82. The van der Waals surface area contributed by atoms with Gasteiger partial charge in [0.15, 0.2) is 5.96 Å². The summed E-state index contributed by atoms with van der Waals surface area (Å²) in [7, 11) is 1.65. The van der Waals surface area contributed by atoms with E-state index in [0.717, 1.165) is 19.6 Å². The van der Waals surface area contributed by atoms with Crippen molar-refractivity contribution in [2.75, 3.05) is 32.1 Å². The molecule has 3 N–H and O–H groups in total. The van der Waals surface area contributed by atoms with Gasteiger partial charge < -0.3 is 20.7 Å². The first-order valence-corrected chi connectivity index (χ1v) is 9.29. The molecule has 6 nitrogen and oxygen atoms in total. The fourth-order valence-electron chi connectivity index (χ4n) is 2.92. The molecule has 1 aromatic carbocycles. The third-order valence-electron chi connectivity index (χ3n) is 4.27. The van der Waals surface area contributed by atoms with Crippen LogP contribution >= 0.6 is 0 Å². The molecule has 1 amide bonds. The molecule has 144 valence electrons. The molecule has 0 saturated heterocycles. The maximum atomic E-state index is 13.1. The second-order valence-corrected chi connectivity index (χ2v) is 6.40. The van der Waals surface area contributed by atoms with Crippen molar-refractivity contribution in [2.45, 2.75) is 44.6 Å². The van der Waals surface area contributed by atoms with Crippen molar-refractivity contribution in [3.8, 4) is 0 Å². The first-order chi connectivity index (χ1) is 12.7. The topological polar surface area (TPSA) is 74.8 Å². The van der Waals surface area contributed by atoms with Crippen LogP contribution in [0.4, 0.5) is 10.1 Å².